The lowest BCUT2D eigenvalue weighted by Gasteiger charge is -2.12. The second kappa shape index (κ2) is 6.31. The van der Waals surface area contributed by atoms with Gasteiger partial charge in [0, 0.05) is 11.4 Å². The second-order valence-corrected chi connectivity index (χ2v) is 4.55. The smallest absolute Gasteiger partial charge is 0.237 e. The number of amides is 1. The molecule has 1 heterocycles. The van der Waals surface area contributed by atoms with Gasteiger partial charge >= 0.3 is 0 Å². The molecule has 0 saturated carbocycles. The maximum atomic E-state index is 11.5. The molecule has 0 aliphatic rings. The molecule has 0 aliphatic carbocycles. The minimum atomic E-state index is -0.227. The van der Waals surface area contributed by atoms with Crippen molar-refractivity contribution in [2.24, 2.45) is 0 Å². The second-order valence-electron chi connectivity index (χ2n) is 3.55. The number of carbonyl (C=O) groups excluding carboxylic acids is 1. The fourth-order valence-electron chi connectivity index (χ4n) is 1.21. The van der Waals surface area contributed by atoms with E-state index in [0.717, 1.165) is 0 Å². The molecule has 2 N–H and O–H groups in total. The van der Waals surface area contributed by atoms with Crippen molar-refractivity contribution in [2.45, 2.75) is 26.4 Å². The molecule has 0 radical (unpaired) electrons. The molecular weight excluding hydrogens is 220 g/mol. The zero-order valence-corrected chi connectivity index (χ0v) is 10.4. The van der Waals surface area contributed by atoms with Crippen molar-refractivity contribution in [1.29, 1.82) is 0 Å². The van der Waals surface area contributed by atoms with Crippen molar-refractivity contribution >= 4 is 17.2 Å². The van der Waals surface area contributed by atoms with Crippen LogP contribution in [-0.4, -0.2) is 18.5 Å². The van der Waals surface area contributed by atoms with Gasteiger partial charge in [0.25, 0.3) is 0 Å². The van der Waals surface area contributed by atoms with Crippen molar-refractivity contribution in [3.05, 3.63) is 21.9 Å². The topological polar surface area (TPSA) is 41.1 Å². The largest absolute Gasteiger partial charge is 0.344 e. The van der Waals surface area contributed by atoms with Gasteiger partial charge in [0.1, 0.15) is 0 Å². The predicted octanol–water partition coefficient (Wildman–Crippen LogP) is 1.28. The van der Waals surface area contributed by atoms with E-state index in [1.807, 2.05) is 6.92 Å². The molecule has 0 bridgehead atoms. The predicted molar refractivity (Wildman–Crippen MR) is 67.2 cm³/mol. The molecule has 0 saturated heterocycles. The molecular formula is C12H16N2OS. The monoisotopic (exact) mass is 236 g/mol. The van der Waals surface area contributed by atoms with Crippen LogP contribution in [0, 0.1) is 19.3 Å². The van der Waals surface area contributed by atoms with E-state index in [2.05, 4.69) is 34.9 Å². The highest BCUT2D eigenvalue weighted by Crippen LogP contribution is 2.14. The zero-order chi connectivity index (χ0) is 12.0. The van der Waals surface area contributed by atoms with Crippen molar-refractivity contribution < 1.29 is 4.79 Å². The van der Waals surface area contributed by atoms with Crippen LogP contribution >= 0.6 is 11.3 Å². The molecule has 1 unspecified atom stereocenters. The summed E-state index contributed by atoms with van der Waals surface area (Å²) in [5.74, 6) is 2.31. The summed E-state index contributed by atoms with van der Waals surface area (Å²) in [6, 6.07) is 1.85. The third kappa shape index (κ3) is 3.69. The summed E-state index contributed by atoms with van der Waals surface area (Å²) in [5.41, 5.74) is 1.26. The van der Waals surface area contributed by atoms with Gasteiger partial charge in [0.15, 0.2) is 0 Å². The number of thiophene rings is 1. The van der Waals surface area contributed by atoms with Crippen LogP contribution in [0.5, 0.6) is 0 Å². The third-order valence-electron chi connectivity index (χ3n) is 2.29. The lowest BCUT2D eigenvalue weighted by atomic mass is 10.2. The summed E-state index contributed by atoms with van der Waals surface area (Å²) >= 11 is 1.69. The van der Waals surface area contributed by atoms with Crippen LogP contribution in [0.25, 0.3) is 0 Å². The molecule has 4 heteroatoms. The number of aryl methyl sites for hydroxylation is 1. The van der Waals surface area contributed by atoms with Crippen LogP contribution in [-0.2, 0) is 11.3 Å². The molecule has 16 heavy (non-hydrogen) atoms. The molecule has 1 rings (SSSR count). The first-order chi connectivity index (χ1) is 7.65. The summed E-state index contributed by atoms with van der Waals surface area (Å²) in [5, 5.41) is 7.86. The van der Waals surface area contributed by atoms with Gasteiger partial charge in [0.05, 0.1) is 12.6 Å². The van der Waals surface area contributed by atoms with Crippen LogP contribution in [0.15, 0.2) is 11.4 Å². The molecule has 86 valence electrons. The van der Waals surface area contributed by atoms with E-state index in [1.165, 1.54) is 10.4 Å². The van der Waals surface area contributed by atoms with E-state index in [-0.39, 0.29) is 18.5 Å². The number of terminal acetylenes is 1. The SMILES string of the molecule is C#CCNC(=O)C(C)NCc1sccc1C. The Morgan fingerprint density at radius 3 is 3.00 bits per heavy atom. The number of hydrogen-bond donors (Lipinski definition) is 2. The average Bonchev–Trinajstić information content (AvgIpc) is 2.68. The van der Waals surface area contributed by atoms with Crippen LogP contribution in [0.1, 0.15) is 17.4 Å². The van der Waals surface area contributed by atoms with E-state index in [4.69, 9.17) is 6.42 Å². The Hall–Kier alpha value is -1.31. The molecule has 1 aromatic heterocycles. The number of hydrogen-bond acceptors (Lipinski definition) is 3. The molecule has 1 aromatic rings. The Labute approximate surface area is 100 Å². The van der Waals surface area contributed by atoms with Gasteiger partial charge in [0.2, 0.25) is 5.91 Å². The first-order valence-corrected chi connectivity index (χ1v) is 6.00. The summed E-state index contributed by atoms with van der Waals surface area (Å²) in [6.07, 6.45) is 5.06. The summed E-state index contributed by atoms with van der Waals surface area (Å²) in [6.45, 7) is 4.89. The first-order valence-electron chi connectivity index (χ1n) is 5.12. The number of rotatable bonds is 5. The van der Waals surface area contributed by atoms with Crippen LogP contribution in [0.3, 0.4) is 0 Å². The maximum absolute atomic E-state index is 11.5. The van der Waals surface area contributed by atoms with Gasteiger partial charge in [-0.15, -0.1) is 17.8 Å². The minimum Gasteiger partial charge on any atom is -0.344 e. The van der Waals surface area contributed by atoms with E-state index in [9.17, 15) is 4.79 Å². The Kier molecular flexibility index (Phi) is 5.03. The summed E-state index contributed by atoms with van der Waals surface area (Å²) in [4.78, 5) is 12.7. The molecule has 1 atom stereocenters. The van der Waals surface area contributed by atoms with Gasteiger partial charge in [-0.2, -0.15) is 0 Å². The Morgan fingerprint density at radius 2 is 2.44 bits per heavy atom. The molecule has 3 nitrogen and oxygen atoms in total. The van der Waals surface area contributed by atoms with Gasteiger partial charge in [-0.05, 0) is 30.9 Å². The molecule has 0 fully saturated rings. The summed E-state index contributed by atoms with van der Waals surface area (Å²) < 4.78 is 0. The zero-order valence-electron chi connectivity index (χ0n) is 9.54. The highest BCUT2D eigenvalue weighted by Gasteiger charge is 2.11. The molecule has 0 aromatic carbocycles. The van der Waals surface area contributed by atoms with Gasteiger partial charge in [-0.1, -0.05) is 5.92 Å². The molecule has 0 aliphatic heterocycles. The fourth-order valence-corrected chi connectivity index (χ4v) is 2.07. The van der Waals surface area contributed by atoms with E-state index in [0.29, 0.717) is 6.54 Å². The van der Waals surface area contributed by atoms with Crippen molar-refractivity contribution in [3.63, 3.8) is 0 Å². The first kappa shape index (κ1) is 12.8. The van der Waals surface area contributed by atoms with Crippen molar-refractivity contribution in [2.75, 3.05) is 6.54 Å². The lowest BCUT2D eigenvalue weighted by molar-refractivity contribution is -0.122. The Balaban J connectivity index is 2.35. The van der Waals surface area contributed by atoms with Crippen LogP contribution in [0.4, 0.5) is 0 Å². The van der Waals surface area contributed by atoms with Crippen LogP contribution in [0.2, 0.25) is 0 Å². The average molecular weight is 236 g/mol. The Morgan fingerprint density at radius 1 is 1.69 bits per heavy atom. The van der Waals surface area contributed by atoms with Crippen molar-refractivity contribution in [1.82, 2.24) is 10.6 Å². The summed E-state index contributed by atoms with van der Waals surface area (Å²) in [7, 11) is 0. The maximum Gasteiger partial charge on any atom is 0.237 e. The third-order valence-corrected chi connectivity index (χ3v) is 3.32. The van der Waals surface area contributed by atoms with E-state index in [1.54, 1.807) is 11.3 Å². The Bertz CT molecular complexity index is 392. The normalized spacial score (nSPS) is 11.8. The molecule has 1 amide bonds. The highest BCUT2D eigenvalue weighted by molar-refractivity contribution is 7.10. The number of carbonyl (C=O) groups is 1. The molecule has 0 spiro atoms. The van der Waals surface area contributed by atoms with Gasteiger partial charge in [-0.25, -0.2) is 0 Å². The van der Waals surface area contributed by atoms with Gasteiger partial charge in [-0.3, -0.25) is 4.79 Å². The van der Waals surface area contributed by atoms with Crippen LogP contribution < -0.4 is 10.6 Å². The van der Waals surface area contributed by atoms with E-state index >= 15 is 0 Å². The standard InChI is InChI=1S/C12H16N2OS/c1-4-6-13-12(15)10(3)14-8-11-9(2)5-7-16-11/h1,5,7,10,14H,6,8H2,2-3H3,(H,13,15). The van der Waals surface area contributed by atoms with E-state index < -0.39 is 0 Å². The number of nitrogens with one attached hydrogen (secondary N) is 2. The fraction of sp³-hybridized carbons (Fsp3) is 0.417. The van der Waals surface area contributed by atoms with Gasteiger partial charge < -0.3 is 10.6 Å². The highest BCUT2D eigenvalue weighted by atomic mass is 32.1. The lowest BCUT2D eigenvalue weighted by Crippen LogP contribution is -2.41. The van der Waals surface area contributed by atoms with Crippen molar-refractivity contribution in [3.8, 4) is 12.3 Å². The minimum absolute atomic E-state index is 0.0628. The quantitative estimate of drug-likeness (QED) is 0.756.